The van der Waals surface area contributed by atoms with Crippen LogP contribution in [0.3, 0.4) is 0 Å². The molecule has 0 aliphatic heterocycles. The molecule has 0 amide bonds. The molecule has 1 atom stereocenters. The fourth-order valence-electron chi connectivity index (χ4n) is 0.525. The third-order valence-electron chi connectivity index (χ3n) is 0.983. The third kappa shape index (κ3) is 1.38. The summed E-state index contributed by atoms with van der Waals surface area (Å²) in [5, 5.41) is 7.02. The highest BCUT2D eigenvalue weighted by Crippen LogP contribution is 1.98. The van der Waals surface area contributed by atoms with E-state index in [1.165, 1.54) is 0 Å². The average molecular weight is 144 g/mol. The highest BCUT2D eigenvalue weighted by Gasteiger charge is 1.98. The lowest BCUT2D eigenvalue weighted by molar-refractivity contribution is 0.680. The van der Waals surface area contributed by atoms with Crippen LogP contribution in [0.5, 0.6) is 0 Å². The first-order valence-electron chi connectivity index (χ1n) is 2.72. The Morgan fingerprint density at radius 3 is 3.11 bits per heavy atom. The third-order valence-corrected chi connectivity index (χ3v) is 2.22. The van der Waals surface area contributed by atoms with Crippen molar-refractivity contribution >= 4 is 10.8 Å². The Hall–Kier alpha value is -0.640. The van der Waals surface area contributed by atoms with E-state index >= 15 is 0 Å². The second kappa shape index (κ2) is 2.77. The molecule has 0 aliphatic rings. The molecule has 0 spiro atoms. The second-order valence-corrected chi connectivity index (χ2v) is 3.26. The van der Waals surface area contributed by atoms with Gasteiger partial charge < -0.3 is 0 Å². The van der Waals surface area contributed by atoms with Crippen LogP contribution in [0.15, 0.2) is 17.3 Å². The number of rotatable bonds is 2. The highest BCUT2D eigenvalue weighted by atomic mass is 32.2. The number of aromatic nitrogens is 2. The van der Waals surface area contributed by atoms with Crippen LogP contribution in [0.25, 0.3) is 0 Å². The Bertz CT molecular complexity index is 195. The first-order valence-corrected chi connectivity index (χ1v) is 4.04. The Kier molecular flexibility index (Phi) is 2.00. The van der Waals surface area contributed by atoms with E-state index in [2.05, 4.69) is 10.2 Å². The summed E-state index contributed by atoms with van der Waals surface area (Å²) in [4.78, 5) is 0. The van der Waals surface area contributed by atoms with Gasteiger partial charge in [-0.2, -0.15) is 5.10 Å². The summed E-state index contributed by atoms with van der Waals surface area (Å²) in [7, 11) is -0.877. The summed E-state index contributed by atoms with van der Waals surface area (Å²) in [5.41, 5.74) is 0. The molecular formula is C5H8N2OS. The standard InChI is InChI=1S/C5H8N2OS/c1-2-9(8)5-3-4-6-7-5/h3-4H,2H2,1H3,(H,6,7). The van der Waals surface area contributed by atoms with Crippen LogP contribution in [0.4, 0.5) is 0 Å². The zero-order valence-corrected chi connectivity index (χ0v) is 5.94. The van der Waals surface area contributed by atoms with Crippen LogP contribution in [0, 0.1) is 0 Å². The van der Waals surface area contributed by atoms with E-state index in [9.17, 15) is 4.21 Å². The van der Waals surface area contributed by atoms with Crippen LogP contribution >= 0.6 is 0 Å². The Morgan fingerprint density at radius 2 is 2.67 bits per heavy atom. The molecule has 0 aliphatic carbocycles. The number of hydrogen-bond acceptors (Lipinski definition) is 2. The van der Waals surface area contributed by atoms with Crippen molar-refractivity contribution in [1.82, 2.24) is 10.2 Å². The molecule has 3 nitrogen and oxygen atoms in total. The lowest BCUT2D eigenvalue weighted by Crippen LogP contribution is -1.93. The van der Waals surface area contributed by atoms with Gasteiger partial charge in [0.05, 0.1) is 10.8 Å². The first-order chi connectivity index (χ1) is 4.34. The van der Waals surface area contributed by atoms with E-state index in [0.717, 1.165) is 0 Å². The maximum absolute atomic E-state index is 10.9. The van der Waals surface area contributed by atoms with Crippen LogP contribution in [0.1, 0.15) is 6.92 Å². The van der Waals surface area contributed by atoms with Gasteiger partial charge in [-0.05, 0) is 6.07 Å². The van der Waals surface area contributed by atoms with Gasteiger partial charge in [0.1, 0.15) is 5.03 Å². The van der Waals surface area contributed by atoms with Gasteiger partial charge in [0, 0.05) is 11.9 Å². The SMILES string of the molecule is CCS(=O)c1ccn[nH]1. The molecule has 1 rings (SSSR count). The van der Waals surface area contributed by atoms with Crippen molar-refractivity contribution in [3.63, 3.8) is 0 Å². The van der Waals surface area contributed by atoms with Gasteiger partial charge in [-0.25, -0.2) is 0 Å². The molecule has 0 radical (unpaired) electrons. The smallest absolute Gasteiger partial charge is 0.122 e. The molecule has 0 fully saturated rings. The Balaban J connectivity index is 2.77. The van der Waals surface area contributed by atoms with Crippen molar-refractivity contribution in [2.24, 2.45) is 0 Å². The summed E-state index contributed by atoms with van der Waals surface area (Å²) in [6.07, 6.45) is 1.60. The molecule has 4 heteroatoms. The lowest BCUT2D eigenvalue weighted by Gasteiger charge is -1.88. The Morgan fingerprint density at radius 1 is 1.89 bits per heavy atom. The van der Waals surface area contributed by atoms with Gasteiger partial charge in [-0.15, -0.1) is 0 Å². The number of hydrogen-bond donors (Lipinski definition) is 1. The van der Waals surface area contributed by atoms with Crippen molar-refractivity contribution in [2.45, 2.75) is 11.9 Å². The second-order valence-electron chi connectivity index (χ2n) is 1.56. The minimum absolute atomic E-state index is 0.641. The van der Waals surface area contributed by atoms with Crippen molar-refractivity contribution < 1.29 is 4.21 Å². The Labute approximate surface area is 55.9 Å². The van der Waals surface area contributed by atoms with Gasteiger partial charge >= 0.3 is 0 Å². The summed E-state index contributed by atoms with van der Waals surface area (Å²) < 4.78 is 10.9. The molecule has 1 aromatic rings. The van der Waals surface area contributed by atoms with E-state index in [4.69, 9.17) is 0 Å². The highest BCUT2D eigenvalue weighted by molar-refractivity contribution is 7.84. The topological polar surface area (TPSA) is 45.8 Å². The van der Waals surface area contributed by atoms with Crippen LogP contribution in [-0.4, -0.2) is 20.2 Å². The number of aromatic amines is 1. The molecule has 9 heavy (non-hydrogen) atoms. The van der Waals surface area contributed by atoms with E-state index in [0.29, 0.717) is 10.8 Å². The summed E-state index contributed by atoms with van der Waals surface area (Å²) >= 11 is 0. The van der Waals surface area contributed by atoms with Crippen molar-refractivity contribution in [3.8, 4) is 0 Å². The zero-order chi connectivity index (χ0) is 6.69. The van der Waals surface area contributed by atoms with E-state index in [-0.39, 0.29) is 0 Å². The van der Waals surface area contributed by atoms with Gasteiger partial charge in [-0.1, -0.05) is 6.92 Å². The van der Waals surface area contributed by atoms with Gasteiger partial charge in [0.25, 0.3) is 0 Å². The van der Waals surface area contributed by atoms with E-state index in [1.807, 2.05) is 6.92 Å². The normalized spacial score (nSPS) is 13.4. The number of nitrogens with one attached hydrogen (secondary N) is 1. The molecule has 1 unspecified atom stereocenters. The molecule has 1 heterocycles. The molecule has 0 aromatic carbocycles. The molecule has 0 saturated carbocycles. The summed E-state index contributed by atoms with van der Waals surface area (Å²) in [6.45, 7) is 1.87. The molecule has 1 N–H and O–H groups in total. The van der Waals surface area contributed by atoms with Gasteiger partial charge in [-0.3, -0.25) is 9.31 Å². The average Bonchev–Trinajstić information content (AvgIpc) is 2.37. The monoisotopic (exact) mass is 144 g/mol. The van der Waals surface area contributed by atoms with Crippen LogP contribution in [-0.2, 0) is 10.8 Å². The summed E-state index contributed by atoms with van der Waals surface area (Å²) in [5.74, 6) is 0.641. The fraction of sp³-hybridized carbons (Fsp3) is 0.400. The minimum Gasteiger partial charge on any atom is -0.269 e. The maximum Gasteiger partial charge on any atom is 0.122 e. The lowest BCUT2D eigenvalue weighted by atomic mass is 10.8. The van der Waals surface area contributed by atoms with Crippen molar-refractivity contribution in [1.29, 1.82) is 0 Å². The van der Waals surface area contributed by atoms with Crippen LogP contribution < -0.4 is 0 Å². The van der Waals surface area contributed by atoms with Crippen molar-refractivity contribution in [2.75, 3.05) is 5.75 Å². The predicted molar refractivity (Wildman–Crippen MR) is 35.5 cm³/mol. The van der Waals surface area contributed by atoms with E-state index < -0.39 is 10.8 Å². The maximum atomic E-state index is 10.9. The quantitative estimate of drug-likeness (QED) is 0.658. The largest absolute Gasteiger partial charge is 0.269 e. The summed E-state index contributed by atoms with van der Waals surface area (Å²) in [6, 6.07) is 1.72. The molecule has 0 bridgehead atoms. The first kappa shape index (κ1) is 6.48. The van der Waals surface area contributed by atoms with Gasteiger partial charge in [0.15, 0.2) is 0 Å². The molecule has 50 valence electrons. The minimum atomic E-state index is -0.877. The van der Waals surface area contributed by atoms with Crippen molar-refractivity contribution in [3.05, 3.63) is 12.3 Å². The molecular weight excluding hydrogens is 136 g/mol. The van der Waals surface area contributed by atoms with Crippen LogP contribution in [0.2, 0.25) is 0 Å². The van der Waals surface area contributed by atoms with Gasteiger partial charge in [0.2, 0.25) is 0 Å². The predicted octanol–water partition coefficient (Wildman–Crippen LogP) is 0.537. The fourth-order valence-corrected chi connectivity index (χ4v) is 1.20. The number of nitrogens with zero attached hydrogens (tertiary/aromatic N) is 1. The zero-order valence-electron chi connectivity index (χ0n) is 5.13. The van der Waals surface area contributed by atoms with E-state index in [1.54, 1.807) is 12.3 Å². The number of H-pyrrole nitrogens is 1. The molecule has 0 saturated heterocycles. The molecule has 1 aromatic heterocycles.